The predicted octanol–water partition coefficient (Wildman–Crippen LogP) is 1.84. The molecule has 2 rings (SSSR count). The van der Waals surface area contributed by atoms with Crippen LogP contribution < -0.4 is 0 Å². The molecule has 12 heavy (non-hydrogen) atoms. The van der Waals surface area contributed by atoms with Crippen LogP contribution >= 0.6 is 0 Å². The molecule has 2 fully saturated rings. The maximum atomic E-state index is 11.4. The largest absolute Gasteiger partial charge is 0.465 e. The molecule has 2 aliphatic rings. The number of cyclic esters (lactones) is 1. The van der Waals surface area contributed by atoms with Crippen LogP contribution in [0.4, 0.5) is 0 Å². The number of carbonyl (C=O) groups excluding carboxylic acids is 1. The molecule has 0 amide bonds. The molecule has 1 saturated heterocycles. The summed E-state index contributed by atoms with van der Waals surface area (Å²) < 4.78 is 5.14. The van der Waals surface area contributed by atoms with Gasteiger partial charge in [-0.15, -0.1) is 0 Å². The van der Waals surface area contributed by atoms with Crippen molar-refractivity contribution < 1.29 is 9.53 Å². The van der Waals surface area contributed by atoms with Crippen molar-refractivity contribution in [2.45, 2.75) is 26.7 Å². The zero-order chi connectivity index (χ0) is 8.72. The zero-order valence-electron chi connectivity index (χ0n) is 7.75. The lowest BCUT2D eigenvalue weighted by molar-refractivity contribution is -0.160. The molecule has 0 radical (unpaired) electrons. The smallest absolute Gasteiger partial charge is 0.309 e. The topological polar surface area (TPSA) is 26.3 Å². The molecule has 0 N–H and O–H groups in total. The van der Waals surface area contributed by atoms with Gasteiger partial charge in [0.05, 0.1) is 12.5 Å². The van der Waals surface area contributed by atoms with Crippen LogP contribution in [0.3, 0.4) is 0 Å². The number of hydrogen-bond donors (Lipinski definition) is 0. The predicted molar refractivity (Wildman–Crippen MR) is 45.5 cm³/mol. The van der Waals surface area contributed by atoms with Crippen molar-refractivity contribution in [1.29, 1.82) is 0 Å². The van der Waals surface area contributed by atoms with Gasteiger partial charge in [-0.05, 0) is 30.6 Å². The SMILES string of the molecule is CC1COC(=O)[C@@H]2C(C)CCC12. The molecular formula is C10H16O2. The molecular weight excluding hydrogens is 152 g/mol. The number of fused-ring (bicyclic) bond motifs is 1. The fourth-order valence-electron chi connectivity index (χ4n) is 2.72. The Hall–Kier alpha value is -0.530. The van der Waals surface area contributed by atoms with Gasteiger partial charge >= 0.3 is 5.97 Å². The fraction of sp³-hybridized carbons (Fsp3) is 0.900. The molecule has 0 bridgehead atoms. The van der Waals surface area contributed by atoms with E-state index in [9.17, 15) is 4.79 Å². The standard InChI is InChI=1S/C10H16O2/c1-6-3-4-8-7(2)5-12-10(11)9(6)8/h6-9H,3-5H2,1-2H3/t6?,7?,8?,9-/m1/s1. The monoisotopic (exact) mass is 168 g/mol. The van der Waals surface area contributed by atoms with Crippen LogP contribution in [0.15, 0.2) is 0 Å². The first-order valence-electron chi connectivity index (χ1n) is 4.87. The Kier molecular flexibility index (Phi) is 1.85. The van der Waals surface area contributed by atoms with Gasteiger partial charge in [-0.25, -0.2) is 0 Å². The second kappa shape index (κ2) is 2.75. The minimum Gasteiger partial charge on any atom is -0.465 e. The summed E-state index contributed by atoms with van der Waals surface area (Å²) in [7, 11) is 0. The summed E-state index contributed by atoms with van der Waals surface area (Å²) in [6, 6.07) is 0. The summed E-state index contributed by atoms with van der Waals surface area (Å²) >= 11 is 0. The maximum Gasteiger partial charge on any atom is 0.309 e. The summed E-state index contributed by atoms with van der Waals surface area (Å²) in [4.78, 5) is 11.4. The third-order valence-electron chi connectivity index (χ3n) is 3.52. The second-order valence-corrected chi connectivity index (χ2v) is 4.35. The lowest BCUT2D eigenvalue weighted by atomic mass is 9.81. The van der Waals surface area contributed by atoms with Crippen molar-refractivity contribution in [2.75, 3.05) is 6.61 Å². The van der Waals surface area contributed by atoms with Crippen molar-refractivity contribution in [1.82, 2.24) is 0 Å². The molecule has 68 valence electrons. The highest BCUT2D eigenvalue weighted by molar-refractivity contribution is 5.74. The Morgan fingerprint density at radius 1 is 1.25 bits per heavy atom. The third-order valence-corrected chi connectivity index (χ3v) is 3.52. The van der Waals surface area contributed by atoms with E-state index >= 15 is 0 Å². The number of esters is 1. The Labute approximate surface area is 73.3 Å². The van der Waals surface area contributed by atoms with Gasteiger partial charge in [-0.2, -0.15) is 0 Å². The molecule has 0 aromatic heterocycles. The van der Waals surface area contributed by atoms with E-state index in [-0.39, 0.29) is 11.9 Å². The summed E-state index contributed by atoms with van der Waals surface area (Å²) in [6.07, 6.45) is 2.43. The van der Waals surface area contributed by atoms with Crippen LogP contribution in [0, 0.1) is 23.7 Å². The highest BCUT2D eigenvalue weighted by Crippen LogP contribution is 2.44. The van der Waals surface area contributed by atoms with Crippen molar-refractivity contribution in [3.63, 3.8) is 0 Å². The Morgan fingerprint density at radius 3 is 2.67 bits per heavy atom. The summed E-state index contributed by atoms with van der Waals surface area (Å²) in [5, 5.41) is 0. The summed E-state index contributed by atoms with van der Waals surface area (Å²) in [6.45, 7) is 5.01. The van der Waals surface area contributed by atoms with Crippen LogP contribution in [0.2, 0.25) is 0 Å². The van der Waals surface area contributed by atoms with E-state index in [1.54, 1.807) is 0 Å². The number of hydrogen-bond acceptors (Lipinski definition) is 2. The van der Waals surface area contributed by atoms with E-state index in [2.05, 4.69) is 13.8 Å². The van der Waals surface area contributed by atoms with E-state index in [1.165, 1.54) is 12.8 Å². The number of ether oxygens (including phenoxy) is 1. The van der Waals surface area contributed by atoms with Crippen molar-refractivity contribution in [3.8, 4) is 0 Å². The van der Waals surface area contributed by atoms with Gasteiger partial charge in [0.15, 0.2) is 0 Å². The van der Waals surface area contributed by atoms with Crippen molar-refractivity contribution in [3.05, 3.63) is 0 Å². The average molecular weight is 168 g/mol. The Morgan fingerprint density at radius 2 is 2.00 bits per heavy atom. The first-order chi connectivity index (χ1) is 5.70. The zero-order valence-corrected chi connectivity index (χ0v) is 7.75. The lowest BCUT2D eigenvalue weighted by Crippen LogP contribution is -2.37. The average Bonchev–Trinajstić information content (AvgIpc) is 2.42. The number of carbonyl (C=O) groups is 1. The van der Waals surface area contributed by atoms with E-state index in [0.29, 0.717) is 24.4 Å². The van der Waals surface area contributed by atoms with Crippen LogP contribution in [-0.2, 0) is 9.53 Å². The number of rotatable bonds is 0. The molecule has 0 spiro atoms. The molecule has 1 aliphatic carbocycles. The molecule has 1 heterocycles. The first kappa shape index (κ1) is 8.09. The molecule has 4 atom stereocenters. The van der Waals surface area contributed by atoms with Gasteiger partial charge in [-0.1, -0.05) is 13.8 Å². The van der Waals surface area contributed by atoms with Gasteiger partial charge in [0.2, 0.25) is 0 Å². The highest BCUT2D eigenvalue weighted by Gasteiger charge is 2.45. The maximum absolute atomic E-state index is 11.4. The first-order valence-corrected chi connectivity index (χ1v) is 4.87. The molecule has 0 aromatic rings. The van der Waals surface area contributed by atoms with Crippen LogP contribution in [0.1, 0.15) is 26.7 Å². The van der Waals surface area contributed by atoms with Crippen LogP contribution in [-0.4, -0.2) is 12.6 Å². The Balaban J connectivity index is 2.18. The fourth-order valence-corrected chi connectivity index (χ4v) is 2.72. The van der Waals surface area contributed by atoms with E-state index in [4.69, 9.17) is 4.74 Å². The van der Waals surface area contributed by atoms with Gasteiger partial charge in [-0.3, -0.25) is 4.79 Å². The van der Waals surface area contributed by atoms with Crippen LogP contribution in [0.5, 0.6) is 0 Å². The second-order valence-electron chi connectivity index (χ2n) is 4.35. The summed E-state index contributed by atoms with van der Waals surface area (Å²) in [5.74, 6) is 2.01. The van der Waals surface area contributed by atoms with Gasteiger partial charge in [0.1, 0.15) is 0 Å². The minimum atomic E-state index is 0.0584. The molecule has 2 heteroatoms. The minimum absolute atomic E-state index is 0.0584. The van der Waals surface area contributed by atoms with Crippen LogP contribution in [0.25, 0.3) is 0 Å². The third kappa shape index (κ3) is 1.05. The summed E-state index contributed by atoms with van der Waals surface area (Å²) in [5.41, 5.74) is 0. The lowest BCUT2D eigenvalue weighted by Gasteiger charge is -2.31. The highest BCUT2D eigenvalue weighted by atomic mass is 16.5. The normalized spacial score (nSPS) is 47.0. The van der Waals surface area contributed by atoms with E-state index < -0.39 is 0 Å². The molecule has 1 aliphatic heterocycles. The van der Waals surface area contributed by atoms with Crippen molar-refractivity contribution >= 4 is 5.97 Å². The quantitative estimate of drug-likeness (QED) is 0.516. The molecule has 2 nitrogen and oxygen atoms in total. The molecule has 1 saturated carbocycles. The van der Waals surface area contributed by atoms with Gasteiger partial charge in [0, 0.05) is 0 Å². The molecule has 0 aromatic carbocycles. The Bertz CT molecular complexity index is 200. The molecule has 3 unspecified atom stereocenters. The van der Waals surface area contributed by atoms with E-state index in [0.717, 1.165) is 0 Å². The van der Waals surface area contributed by atoms with Crippen molar-refractivity contribution in [2.24, 2.45) is 23.7 Å². The van der Waals surface area contributed by atoms with Gasteiger partial charge in [0.25, 0.3) is 0 Å². The van der Waals surface area contributed by atoms with E-state index in [1.807, 2.05) is 0 Å². The van der Waals surface area contributed by atoms with Gasteiger partial charge < -0.3 is 4.74 Å².